The van der Waals surface area contributed by atoms with Crippen molar-refractivity contribution < 1.29 is 15.3 Å². The highest BCUT2D eigenvalue weighted by molar-refractivity contribution is 8.04. The Kier molecular flexibility index (Phi) is 14.7. The SMILES string of the molecule is OCCSCC(S)CSCC(CO)SCCO. The Bertz CT molecular complexity index is 162. The Morgan fingerprint density at radius 2 is 1.53 bits per heavy atom. The van der Waals surface area contributed by atoms with Crippen molar-refractivity contribution in [1.82, 2.24) is 0 Å². The van der Waals surface area contributed by atoms with Crippen LogP contribution in [-0.4, -0.2) is 74.4 Å². The summed E-state index contributed by atoms with van der Waals surface area (Å²) in [5, 5.41) is 27.0. The van der Waals surface area contributed by atoms with E-state index in [4.69, 9.17) is 15.3 Å². The summed E-state index contributed by atoms with van der Waals surface area (Å²) in [5.74, 6) is 4.25. The van der Waals surface area contributed by atoms with Gasteiger partial charge in [-0.15, -0.1) is 0 Å². The topological polar surface area (TPSA) is 60.7 Å². The predicted molar refractivity (Wildman–Crippen MR) is 84.9 cm³/mol. The smallest absolute Gasteiger partial charge is 0.0558 e. The number of hydrogen-bond acceptors (Lipinski definition) is 7. The number of aliphatic hydroxyl groups excluding tert-OH is 3. The lowest BCUT2D eigenvalue weighted by Crippen LogP contribution is -2.16. The van der Waals surface area contributed by atoms with Crippen LogP contribution in [0.2, 0.25) is 0 Å². The highest BCUT2D eigenvalue weighted by Gasteiger charge is 2.09. The van der Waals surface area contributed by atoms with Gasteiger partial charge in [0.15, 0.2) is 0 Å². The summed E-state index contributed by atoms with van der Waals surface area (Å²) < 4.78 is 0. The van der Waals surface area contributed by atoms with Gasteiger partial charge in [-0.2, -0.15) is 47.9 Å². The average molecular weight is 319 g/mol. The molecule has 17 heavy (non-hydrogen) atoms. The van der Waals surface area contributed by atoms with Crippen LogP contribution in [0.1, 0.15) is 0 Å². The molecule has 0 saturated carbocycles. The lowest BCUT2D eigenvalue weighted by atomic mass is 10.5. The van der Waals surface area contributed by atoms with E-state index in [1.54, 1.807) is 35.3 Å². The third-order valence-electron chi connectivity index (χ3n) is 1.81. The molecule has 0 heterocycles. The zero-order valence-electron chi connectivity index (χ0n) is 9.83. The summed E-state index contributed by atoms with van der Waals surface area (Å²) in [5.41, 5.74) is 0. The highest BCUT2D eigenvalue weighted by Crippen LogP contribution is 2.19. The summed E-state index contributed by atoms with van der Waals surface area (Å²) in [6.07, 6.45) is 0. The molecule has 0 amide bonds. The van der Waals surface area contributed by atoms with Gasteiger partial charge in [0.05, 0.1) is 19.8 Å². The van der Waals surface area contributed by atoms with E-state index in [0.29, 0.717) is 11.0 Å². The summed E-state index contributed by atoms with van der Waals surface area (Å²) in [6.45, 7) is 0.551. The first-order valence-corrected chi connectivity index (χ1v) is 9.39. The molecule has 104 valence electrons. The van der Waals surface area contributed by atoms with E-state index in [9.17, 15) is 0 Å². The van der Waals surface area contributed by atoms with Crippen LogP contribution in [0, 0.1) is 0 Å². The quantitative estimate of drug-likeness (QED) is 0.316. The van der Waals surface area contributed by atoms with Gasteiger partial charge < -0.3 is 15.3 Å². The molecule has 7 heteroatoms. The zero-order valence-corrected chi connectivity index (χ0v) is 13.2. The Morgan fingerprint density at radius 1 is 0.882 bits per heavy atom. The monoisotopic (exact) mass is 318 g/mol. The molecule has 0 aromatic carbocycles. The van der Waals surface area contributed by atoms with Crippen LogP contribution in [0.3, 0.4) is 0 Å². The largest absolute Gasteiger partial charge is 0.396 e. The second-order valence-corrected chi connectivity index (χ2v) is 7.75. The van der Waals surface area contributed by atoms with E-state index in [0.717, 1.165) is 23.0 Å². The first-order chi connectivity index (χ1) is 8.24. The molecule has 3 nitrogen and oxygen atoms in total. The third-order valence-corrected chi connectivity index (χ3v) is 6.47. The van der Waals surface area contributed by atoms with Crippen LogP contribution in [0.15, 0.2) is 0 Å². The summed E-state index contributed by atoms with van der Waals surface area (Å²) in [6, 6.07) is 0. The molecular weight excluding hydrogens is 296 g/mol. The molecule has 0 radical (unpaired) electrons. The lowest BCUT2D eigenvalue weighted by molar-refractivity contribution is 0.299. The van der Waals surface area contributed by atoms with Crippen molar-refractivity contribution in [2.24, 2.45) is 0 Å². The average Bonchev–Trinajstić information content (AvgIpc) is 2.34. The molecule has 0 spiro atoms. The van der Waals surface area contributed by atoms with Gasteiger partial charge in [-0.05, 0) is 0 Å². The van der Waals surface area contributed by atoms with Crippen LogP contribution >= 0.6 is 47.9 Å². The van der Waals surface area contributed by atoms with E-state index in [2.05, 4.69) is 12.6 Å². The molecule has 0 aromatic heterocycles. The van der Waals surface area contributed by atoms with Gasteiger partial charge in [0, 0.05) is 39.3 Å². The fourth-order valence-electron chi connectivity index (χ4n) is 1.04. The fourth-order valence-corrected chi connectivity index (χ4v) is 4.62. The maximum absolute atomic E-state index is 9.12. The zero-order chi connectivity index (χ0) is 12.9. The van der Waals surface area contributed by atoms with Gasteiger partial charge in [-0.1, -0.05) is 0 Å². The first kappa shape index (κ1) is 18.3. The molecule has 0 aromatic rings. The summed E-state index contributed by atoms with van der Waals surface area (Å²) in [4.78, 5) is 0. The third kappa shape index (κ3) is 12.1. The van der Waals surface area contributed by atoms with Crippen molar-refractivity contribution in [1.29, 1.82) is 0 Å². The van der Waals surface area contributed by atoms with Crippen molar-refractivity contribution in [2.75, 3.05) is 48.6 Å². The van der Waals surface area contributed by atoms with Crippen molar-refractivity contribution in [2.45, 2.75) is 10.5 Å². The van der Waals surface area contributed by atoms with Crippen LogP contribution in [0.25, 0.3) is 0 Å². The number of rotatable bonds is 12. The standard InChI is InChI=1S/C10H22O3S4/c11-1-3-15-6-9(14)7-16-8-10(5-13)17-4-2-12/h9-14H,1-8H2. The van der Waals surface area contributed by atoms with Gasteiger partial charge in [0.1, 0.15) is 0 Å². The second kappa shape index (κ2) is 13.7. The molecule has 0 rings (SSSR count). The Hall–Kier alpha value is 1.28. The summed E-state index contributed by atoms with van der Waals surface area (Å²) >= 11 is 9.58. The van der Waals surface area contributed by atoms with E-state index in [-0.39, 0.29) is 25.1 Å². The normalized spacial score (nSPS) is 14.8. The van der Waals surface area contributed by atoms with E-state index in [1.807, 2.05) is 0 Å². The Balaban J connectivity index is 3.45. The van der Waals surface area contributed by atoms with E-state index in [1.165, 1.54) is 0 Å². The van der Waals surface area contributed by atoms with Crippen molar-refractivity contribution in [3.05, 3.63) is 0 Å². The first-order valence-electron chi connectivity index (χ1n) is 5.52. The minimum absolute atomic E-state index is 0.161. The predicted octanol–water partition coefficient (Wildman–Crippen LogP) is 0.830. The molecule has 0 bridgehead atoms. The maximum atomic E-state index is 9.12. The fraction of sp³-hybridized carbons (Fsp3) is 1.00. The van der Waals surface area contributed by atoms with Crippen molar-refractivity contribution >= 4 is 47.9 Å². The lowest BCUT2D eigenvalue weighted by Gasteiger charge is -2.14. The maximum Gasteiger partial charge on any atom is 0.0558 e. The van der Waals surface area contributed by atoms with Gasteiger partial charge in [0.2, 0.25) is 0 Å². The molecule has 0 fully saturated rings. The molecule has 2 unspecified atom stereocenters. The van der Waals surface area contributed by atoms with Gasteiger partial charge >= 0.3 is 0 Å². The molecule has 0 saturated heterocycles. The van der Waals surface area contributed by atoms with Gasteiger partial charge in [-0.25, -0.2) is 0 Å². The molecule has 0 aliphatic rings. The number of thiol groups is 1. The highest BCUT2D eigenvalue weighted by atomic mass is 32.2. The summed E-state index contributed by atoms with van der Waals surface area (Å²) in [7, 11) is 0. The molecule has 2 atom stereocenters. The molecule has 3 N–H and O–H groups in total. The van der Waals surface area contributed by atoms with Gasteiger partial charge in [-0.3, -0.25) is 0 Å². The molecular formula is C10H22O3S4. The number of aliphatic hydroxyl groups is 3. The van der Waals surface area contributed by atoms with E-state index >= 15 is 0 Å². The van der Waals surface area contributed by atoms with Crippen LogP contribution in [0.4, 0.5) is 0 Å². The van der Waals surface area contributed by atoms with Crippen molar-refractivity contribution in [3.63, 3.8) is 0 Å². The minimum atomic E-state index is 0.161. The minimum Gasteiger partial charge on any atom is -0.396 e. The Morgan fingerprint density at radius 3 is 2.12 bits per heavy atom. The molecule has 0 aliphatic carbocycles. The number of thioether (sulfide) groups is 3. The van der Waals surface area contributed by atoms with Crippen LogP contribution in [-0.2, 0) is 0 Å². The Labute approximate surface area is 122 Å². The second-order valence-electron chi connectivity index (χ2n) is 3.39. The van der Waals surface area contributed by atoms with Crippen LogP contribution < -0.4 is 0 Å². The van der Waals surface area contributed by atoms with E-state index < -0.39 is 0 Å². The van der Waals surface area contributed by atoms with Crippen LogP contribution in [0.5, 0.6) is 0 Å². The molecule has 0 aliphatic heterocycles. The number of hydrogen-bond donors (Lipinski definition) is 4. The van der Waals surface area contributed by atoms with Gasteiger partial charge in [0.25, 0.3) is 0 Å². The van der Waals surface area contributed by atoms with Crippen molar-refractivity contribution in [3.8, 4) is 0 Å².